The highest BCUT2D eigenvalue weighted by molar-refractivity contribution is 6.30. The van der Waals surface area contributed by atoms with Gasteiger partial charge in [0.2, 0.25) is 5.91 Å². The lowest BCUT2D eigenvalue weighted by Crippen LogP contribution is -2.50. The van der Waals surface area contributed by atoms with E-state index in [0.29, 0.717) is 36.0 Å². The Morgan fingerprint density at radius 2 is 2.13 bits per heavy atom. The minimum Gasteiger partial charge on any atom is -0.444 e. The van der Waals surface area contributed by atoms with Gasteiger partial charge in [0.25, 0.3) is 0 Å². The largest absolute Gasteiger partial charge is 0.444 e. The lowest BCUT2D eigenvalue weighted by Gasteiger charge is -2.35. The molecule has 31 heavy (non-hydrogen) atoms. The number of alkyl carbamates (subject to hydrolysis) is 1. The number of nitrogens with one attached hydrogen (secondary N) is 2. The van der Waals surface area contributed by atoms with Gasteiger partial charge in [0.05, 0.1) is 12.2 Å². The Morgan fingerprint density at radius 3 is 2.81 bits per heavy atom. The second-order valence-electron chi connectivity index (χ2n) is 9.59. The highest BCUT2D eigenvalue weighted by atomic mass is 35.5. The van der Waals surface area contributed by atoms with Crippen LogP contribution in [0.4, 0.5) is 15.3 Å². The van der Waals surface area contributed by atoms with E-state index in [2.05, 4.69) is 10.6 Å². The first kappa shape index (κ1) is 21.7. The van der Waals surface area contributed by atoms with Gasteiger partial charge in [-0.2, -0.15) is 0 Å². The molecule has 2 heterocycles. The molecular formula is C22H28ClN3O5. The maximum absolute atomic E-state index is 13.4. The molecule has 4 rings (SSSR count). The van der Waals surface area contributed by atoms with Crippen LogP contribution in [0.15, 0.2) is 18.2 Å². The summed E-state index contributed by atoms with van der Waals surface area (Å²) >= 11 is 6.19. The monoisotopic (exact) mass is 449 g/mol. The number of likely N-dealkylation sites (tertiary alicyclic amines) is 1. The number of rotatable bonds is 4. The Bertz CT molecular complexity index is 911. The Hall–Kier alpha value is -2.48. The van der Waals surface area contributed by atoms with Crippen molar-refractivity contribution in [2.45, 2.75) is 63.7 Å². The summed E-state index contributed by atoms with van der Waals surface area (Å²) in [6.45, 7) is 5.96. The van der Waals surface area contributed by atoms with Gasteiger partial charge in [-0.15, -0.1) is 0 Å². The fraction of sp³-hybridized carbons (Fsp3) is 0.591. The van der Waals surface area contributed by atoms with E-state index >= 15 is 0 Å². The Kier molecular flexibility index (Phi) is 5.54. The number of fused-ring (bicyclic) bond motifs is 2. The molecular weight excluding hydrogens is 422 g/mol. The van der Waals surface area contributed by atoms with Gasteiger partial charge in [0.15, 0.2) is 5.60 Å². The SMILES string of the molecule is CC(C)(C)OC(=O)N[C@@H](CC1CC1)C(=O)N1CCC2(C1)OC(=O)Nc1ccc(Cl)cc12. The van der Waals surface area contributed by atoms with Crippen LogP contribution in [0.25, 0.3) is 0 Å². The molecule has 1 aromatic carbocycles. The number of benzene rings is 1. The van der Waals surface area contributed by atoms with E-state index in [4.69, 9.17) is 21.1 Å². The predicted octanol–water partition coefficient (Wildman–Crippen LogP) is 4.02. The molecule has 1 saturated carbocycles. The van der Waals surface area contributed by atoms with Gasteiger partial charge in [-0.1, -0.05) is 24.4 Å². The zero-order chi connectivity index (χ0) is 22.4. The average molecular weight is 450 g/mol. The number of amides is 3. The van der Waals surface area contributed by atoms with E-state index in [1.54, 1.807) is 43.9 Å². The van der Waals surface area contributed by atoms with Gasteiger partial charge >= 0.3 is 12.2 Å². The normalized spacial score (nSPS) is 23.6. The number of hydrogen-bond donors (Lipinski definition) is 2. The summed E-state index contributed by atoms with van der Waals surface area (Å²) in [5.74, 6) is 0.240. The van der Waals surface area contributed by atoms with Crippen LogP contribution in [0.2, 0.25) is 5.02 Å². The minimum atomic E-state index is -0.950. The third-order valence-electron chi connectivity index (χ3n) is 5.80. The van der Waals surface area contributed by atoms with Crippen molar-refractivity contribution in [2.75, 3.05) is 18.4 Å². The predicted molar refractivity (Wildman–Crippen MR) is 115 cm³/mol. The molecule has 0 bridgehead atoms. The van der Waals surface area contributed by atoms with Gasteiger partial charge in [-0.05, 0) is 51.3 Å². The molecule has 0 radical (unpaired) electrons. The molecule has 9 heteroatoms. The number of nitrogens with zero attached hydrogens (tertiary/aromatic N) is 1. The number of carbonyl (C=O) groups is 3. The lowest BCUT2D eigenvalue weighted by atomic mass is 9.90. The highest BCUT2D eigenvalue weighted by Gasteiger charge is 2.49. The number of hydrogen-bond acceptors (Lipinski definition) is 5. The van der Waals surface area contributed by atoms with Crippen LogP contribution in [-0.2, 0) is 19.9 Å². The number of ether oxygens (including phenoxy) is 2. The Labute approximate surface area is 186 Å². The lowest BCUT2D eigenvalue weighted by molar-refractivity contribution is -0.133. The number of halogens is 1. The van der Waals surface area contributed by atoms with E-state index in [1.807, 2.05) is 0 Å². The van der Waals surface area contributed by atoms with E-state index < -0.39 is 29.4 Å². The van der Waals surface area contributed by atoms with Crippen LogP contribution >= 0.6 is 11.6 Å². The standard InChI is InChI=1S/C22H28ClN3O5/c1-21(2,3)30-19(28)25-17(10-13-4-5-13)18(27)26-9-8-22(12-26)15-11-14(23)6-7-16(15)24-20(29)31-22/h6-7,11,13,17H,4-5,8-10,12H2,1-3H3,(H,24,29)(H,25,28)/t17-,22?/m0/s1. The van der Waals surface area contributed by atoms with Crippen molar-refractivity contribution in [3.8, 4) is 0 Å². The third kappa shape index (κ3) is 4.89. The van der Waals surface area contributed by atoms with Crippen molar-refractivity contribution >= 4 is 35.4 Å². The first-order chi connectivity index (χ1) is 14.5. The second-order valence-corrected chi connectivity index (χ2v) is 10.0. The van der Waals surface area contributed by atoms with Gasteiger partial charge in [-0.25, -0.2) is 9.59 Å². The molecule has 168 valence electrons. The average Bonchev–Trinajstić information content (AvgIpc) is 3.38. The first-order valence-corrected chi connectivity index (χ1v) is 11.0. The molecule has 1 aromatic rings. The van der Waals surface area contributed by atoms with Gasteiger partial charge < -0.3 is 19.7 Å². The van der Waals surface area contributed by atoms with Crippen LogP contribution in [0.1, 0.15) is 52.0 Å². The van der Waals surface area contributed by atoms with Gasteiger partial charge in [-0.3, -0.25) is 10.1 Å². The van der Waals surface area contributed by atoms with Gasteiger partial charge in [0.1, 0.15) is 11.6 Å². The molecule has 2 N–H and O–H groups in total. The fourth-order valence-electron chi connectivity index (χ4n) is 4.22. The molecule has 2 fully saturated rings. The summed E-state index contributed by atoms with van der Waals surface area (Å²) in [6.07, 6.45) is 1.99. The summed E-state index contributed by atoms with van der Waals surface area (Å²) in [7, 11) is 0. The molecule has 0 aromatic heterocycles. The van der Waals surface area contributed by atoms with Crippen molar-refractivity contribution in [1.82, 2.24) is 10.2 Å². The molecule has 3 aliphatic rings. The van der Waals surface area contributed by atoms with Crippen molar-refractivity contribution in [3.63, 3.8) is 0 Å². The van der Waals surface area contributed by atoms with Crippen molar-refractivity contribution in [1.29, 1.82) is 0 Å². The van der Waals surface area contributed by atoms with Crippen LogP contribution in [0.3, 0.4) is 0 Å². The number of anilines is 1. The molecule has 2 aliphatic heterocycles. The zero-order valence-electron chi connectivity index (χ0n) is 18.0. The molecule has 3 amide bonds. The molecule has 2 atom stereocenters. The molecule has 1 unspecified atom stereocenters. The van der Waals surface area contributed by atoms with Crippen molar-refractivity contribution in [2.24, 2.45) is 5.92 Å². The summed E-state index contributed by atoms with van der Waals surface area (Å²) < 4.78 is 11.1. The summed E-state index contributed by atoms with van der Waals surface area (Å²) in [6, 6.07) is 4.54. The van der Waals surface area contributed by atoms with Crippen LogP contribution < -0.4 is 10.6 Å². The quantitative estimate of drug-likeness (QED) is 0.723. The summed E-state index contributed by atoms with van der Waals surface area (Å²) in [4.78, 5) is 39.5. The zero-order valence-corrected chi connectivity index (χ0v) is 18.8. The molecule has 1 aliphatic carbocycles. The Balaban J connectivity index is 1.52. The van der Waals surface area contributed by atoms with Crippen LogP contribution in [0, 0.1) is 5.92 Å². The molecule has 1 spiro atoms. The molecule has 1 saturated heterocycles. The van der Waals surface area contributed by atoms with E-state index in [0.717, 1.165) is 18.4 Å². The smallest absolute Gasteiger partial charge is 0.412 e. The topological polar surface area (TPSA) is 97.0 Å². The second kappa shape index (κ2) is 7.89. The van der Waals surface area contributed by atoms with E-state index in [1.165, 1.54) is 0 Å². The number of carbonyl (C=O) groups excluding carboxylic acids is 3. The van der Waals surface area contributed by atoms with Crippen molar-refractivity contribution in [3.05, 3.63) is 28.8 Å². The van der Waals surface area contributed by atoms with Crippen molar-refractivity contribution < 1.29 is 23.9 Å². The molecule has 8 nitrogen and oxygen atoms in total. The first-order valence-electron chi connectivity index (χ1n) is 10.6. The van der Waals surface area contributed by atoms with E-state index in [-0.39, 0.29) is 12.5 Å². The highest BCUT2D eigenvalue weighted by Crippen LogP contribution is 2.44. The summed E-state index contributed by atoms with van der Waals surface area (Å²) in [5, 5.41) is 5.98. The maximum Gasteiger partial charge on any atom is 0.412 e. The fourth-order valence-corrected chi connectivity index (χ4v) is 4.39. The third-order valence-corrected chi connectivity index (χ3v) is 6.03. The van der Waals surface area contributed by atoms with Crippen LogP contribution in [0.5, 0.6) is 0 Å². The van der Waals surface area contributed by atoms with Crippen LogP contribution in [-0.4, -0.2) is 47.7 Å². The van der Waals surface area contributed by atoms with Gasteiger partial charge in [0, 0.05) is 23.6 Å². The minimum absolute atomic E-state index is 0.187. The van der Waals surface area contributed by atoms with E-state index in [9.17, 15) is 14.4 Å². The Morgan fingerprint density at radius 1 is 1.39 bits per heavy atom. The maximum atomic E-state index is 13.4. The summed E-state index contributed by atoms with van der Waals surface area (Å²) in [5.41, 5.74) is -0.208.